The summed E-state index contributed by atoms with van der Waals surface area (Å²) >= 11 is 0. The second-order valence-corrected chi connectivity index (χ2v) is 6.53. The van der Waals surface area contributed by atoms with Gasteiger partial charge in [-0.15, -0.1) is 6.58 Å². The van der Waals surface area contributed by atoms with Gasteiger partial charge in [0.05, 0.1) is 0 Å². The molecule has 0 radical (unpaired) electrons. The monoisotopic (exact) mass is 204 g/mol. The zero-order valence-electron chi connectivity index (χ0n) is 10.6. The highest BCUT2D eigenvalue weighted by Crippen LogP contribution is 2.71. The fraction of sp³-hybridized carbons (Fsp3) is 0.733. The maximum atomic E-state index is 4.22. The van der Waals surface area contributed by atoms with Crippen LogP contribution < -0.4 is 0 Å². The van der Waals surface area contributed by atoms with Crippen LogP contribution in [0.2, 0.25) is 0 Å². The van der Waals surface area contributed by atoms with E-state index in [1.807, 2.05) is 0 Å². The molecule has 2 aliphatic rings. The van der Waals surface area contributed by atoms with Crippen LogP contribution in [0.1, 0.15) is 40.5 Å². The van der Waals surface area contributed by atoms with E-state index in [0.717, 1.165) is 11.8 Å². The summed E-state index contributed by atoms with van der Waals surface area (Å²) in [6.07, 6.45) is 4.85. The van der Waals surface area contributed by atoms with Gasteiger partial charge in [-0.25, -0.2) is 0 Å². The molecule has 84 valence electrons. The summed E-state index contributed by atoms with van der Waals surface area (Å²) in [4.78, 5) is 0. The summed E-state index contributed by atoms with van der Waals surface area (Å²) in [6.45, 7) is 17.7. The number of rotatable bonds is 2. The summed E-state index contributed by atoms with van der Waals surface area (Å²) in [6, 6.07) is 0. The molecule has 0 aromatic heterocycles. The summed E-state index contributed by atoms with van der Waals surface area (Å²) in [5.74, 6) is 2.45. The molecule has 2 fully saturated rings. The van der Waals surface area contributed by atoms with E-state index < -0.39 is 0 Å². The molecule has 0 aliphatic heterocycles. The molecule has 0 spiro atoms. The molecular formula is C15H24. The van der Waals surface area contributed by atoms with Gasteiger partial charge in [0.1, 0.15) is 0 Å². The molecule has 15 heavy (non-hydrogen) atoms. The first-order valence-corrected chi connectivity index (χ1v) is 6.13. The van der Waals surface area contributed by atoms with Crippen molar-refractivity contribution in [3.63, 3.8) is 0 Å². The topological polar surface area (TPSA) is 0 Å². The molecule has 0 nitrogen and oxygen atoms in total. The zero-order valence-corrected chi connectivity index (χ0v) is 10.6. The second kappa shape index (κ2) is 2.99. The van der Waals surface area contributed by atoms with Crippen molar-refractivity contribution < 1.29 is 0 Å². The lowest BCUT2D eigenvalue weighted by molar-refractivity contribution is 0.187. The molecule has 4 atom stereocenters. The predicted molar refractivity (Wildman–Crippen MR) is 66.6 cm³/mol. The van der Waals surface area contributed by atoms with Crippen molar-refractivity contribution in [1.82, 2.24) is 0 Å². The Hall–Kier alpha value is -0.520. The van der Waals surface area contributed by atoms with Gasteiger partial charge in [0.2, 0.25) is 0 Å². The lowest BCUT2D eigenvalue weighted by Gasteiger charge is -2.40. The Balaban J connectivity index is 2.34. The molecule has 2 aliphatic carbocycles. The average molecular weight is 204 g/mol. The smallest absolute Gasteiger partial charge is 0.00809 e. The molecule has 0 saturated heterocycles. The van der Waals surface area contributed by atoms with Gasteiger partial charge in [-0.05, 0) is 48.3 Å². The molecule has 0 amide bonds. The fourth-order valence-electron chi connectivity index (χ4n) is 4.13. The van der Waals surface area contributed by atoms with E-state index in [9.17, 15) is 0 Å². The van der Waals surface area contributed by atoms with E-state index in [1.165, 1.54) is 18.4 Å². The summed E-state index contributed by atoms with van der Waals surface area (Å²) in [5.41, 5.74) is 2.20. The van der Waals surface area contributed by atoms with Gasteiger partial charge < -0.3 is 0 Å². The van der Waals surface area contributed by atoms with Crippen molar-refractivity contribution >= 4 is 0 Å². The molecule has 0 heteroatoms. The Morgan fingerprint density at radius 1 is 1.33 bits per heavy atom. The molecule has 0 bridgehead atoms. The van der Waals surface area contributed by atoms with Gasteiger partial charge in [0, 0.05) is 0 Å². The summed E-state index contributed by atoms with van der Waals surface area (Å²) in [5, 5.41) is 0. The first kappa shape index (κ1) is 11.0. The van der Waals surface area contributed by atoms with Crippen LogP contribution in [-0.4, -0.2) is 0 Å². The Bertz CT molecular complexity index is 310. The zero-order chi connectivity index (χ0) is 11.4. The second-order valence-electron chi connectivity index (χ2n) is 6.53. The first-order valence-electron chi connectivity index (χ1n) is 6.13. The number of hydrogen-bond acceptors (Lipinski definition) is 0. The maximum Gasteiger partial charge on any atom is -0.00809 e. The van der Waals surface area contributed by atoms with Gasteiger partial charge >= 0.3 is 0 Å². The minimum atomic E-state index is 0.292. The van der Waals surface area contributed by atoms with Gasteiger partial charge in [0.25, 0.3) is 0 Å². The van der Waals surface area contributed by atoms with E-state index in [-0.39, 0.29) is 0 Å². The summed E-state index contributed by atoms with van der Waals surface area (Å²) in [7, 11) is 0. The Kier molecular flexibility index (Phi) is 2.19. The molecule has 0 aromatic rings. The third-order valence-electron chi connectivity index (χ3n) is 5.20. The Morgan fingerprint density at radius 2 is 1.93 bits per heavy atom. The van der Waals surface area contributed by atoms with Crippen LogP contribution >= 0.6 is 0 Å². The number of hydrogen-bond donors (Lipinski definition) is 0. The highest BCUT2D eigenvalue weighted by atomic mass is 14.7. The van der Waals surface area contributed by atoms with Crippen molar-refractivity contribution in [2.24, 2.45) is 28.6 Å². The SMILES string of the molecule is C=C[C@@]1(C)CC[C@@H]2[C@H]([C@@H]1C(=C)C)C2(C)C. The van der Waals surface area contributed by atoms with Gasteiger partial charge in [-0.1, -0.05) is 39.0 Å². The lowest BCUT2D eigenvalue weighted by atomic mass is 9.65. The Morgan fingerprint density at radius 3 is 2.40 bits per heavy atom. The van der Waals surface area contributed by atoms with Gasteiger partial charge in [0.15, 0.2) is 0 Å². The van der Waals surface area contributed by atoms with Crippen molar-refractivity contribution in [3.05, 3.63) is 24.8 Å². The van der Waals surface area contributed by atoms with Crippen LogP contribution in [0.15, 0.2) is 24.8 Å². The van der Waals surface area contributed by atoms with Crippen molar-refractivity contribution in [3.8, 4) is 0 Å². The van der Waals surface area contributed by atoms with E-state index in [2.05, 4.69) is 46.9 Å². The molecular weight excluding hydrogens is 180 g/mol. The molecule has 0 heterocycles. The van der Waals surface area contributed by atoms with Crippen LogP contribution in [0.5, 0.6) is 0 Å². The quantitative estimate of drug-likeness (QED) is 0.583. The van der Waals surface area contributed by atoms with Crippen molar-refractivity contribution in [2.45, 2.75) is 40.5 Å². The van der Waals surface area contributed by atoms with Crippen LogP contribution in [-0.2, 0) is 0 Å². The molecule has 0 N–H and O–H groups in total. The predicted octanol–water partition coefficient (Wildman–Crippen LogP) is 4.44. The Labute approximate surface area is 94.5 Å². The van der Waals surface area contributed by atoms with Crippen LogP contribution in [0, 0.1) is 28.6 Å². The van der Waals surface area contributed by atoms with Gasteiger partial charge in [-0.2, -0.15) is 0 Å². The minimum Gasteiger partial charge on any atom is -0.103 e. The third kappa shape index (κ3) is 1.33. The number of fused-ring (bicyclic) bond motifs is 1. The average Bonchev–Trinajstić information content (AvgIpc) is 2.68. The van der Waals surface area contributed by atoms with Crippen molar-refractivity contribution in [1.29, 1.82) is 0 Å². The summed E-state index contributed by atoms with van der Waals surface area (Å²) < 4.78 is 0. The standard InChI is InChI=1S/C15H24/c1-7-15(6)9-8-11-13(14(11,4)5)12(15)10(2)3/h7,11-13H,1-2,8-9H2,3-6H3/t11-,12+,13-,15+/m1/s1. The first-order chi connectivity index (χ1) is 6.84. The minimum absolute atomic E-state index is 0.292. The lowest BCUT2D eigenvalue weighted by Crippen LogP contribution is -2.31. The van der Waals surface area contributed by atoms with Crippen LogP contribution in [0.3, 0.4) is 0 Å². The molecule has 0 aromatic carbocycles. The fourth-order valence-corrected chi connectivity index (χ4v) is 4.13. The normalized spacial score (nSPS) is 46.8. The molecule has 2 saturated carbocycles. The molecule has 2 rings (SSSR count). The maximum absolute atomic E-state index is 4.22. The largest absolute Gasteiger partial charge is 0.103 e. The highest BCUT2D eigenvalue weighted by Gasteiger charge is 2.65. The van der Waals surface area contributed by atoms with E-state index in [4.69, 9.17) is 0 Å². The van der Waals surface area contributed by atoms with Crippen LogP contribution in [0.25, 0.3) is 0 Å². The van der Waals surface area contributed by atoms with E-state index >= 15 is 0 Å². The van der Waals surface area contributed by atoms with Crippen molar-refractivity contribution in [2.75, 3.05) is 0 Å². The number of allylic oxidation sites excluding steroid dienone is 2. The van der Waals surface area contributed by atoms with E-state index in [0.29, 0.717) is 16.7 Å². The highest BCUT2D eigenvalue weighted by molar-refractivity contribution is 5.24. The van der Waals surface area contributed by atoms with Gasteiger partial charge in [-0.3, -0.25) is 0 Å². The van der Waals surface area contributed by atoms with Crippen LogP contribution in [0.4, 0.5) is 0 Å². The third-order valence-corrected chi connectivity index (χ3v) is 5.20. The van der Waals surface area contributed by atoms with E-state index in [1.54, 1.807) is 0 Å². The molecule has 0 unspecified atom stereocenters.